The number of carboxylic acids is 1. The molecule has 1 saturated carbocycles. The summed E-state index contributed by atoms with van der Waals surface area (Å²) in [6, 6.07) is 2.56. The summed E-state index contributed by atoms with van der Waals surface area (Å²) in [5.41, 5.74) is 0.984. The summed E-state index contributed by atoms with van der Waals surface area (Å²) < 4.78 is 2.05. The Kier molecular flexibility index (Phi) is 3.88. The van der Waals surface area contributed by atoms with E-state index in [1.165, 1.54) is 37.4 Å². The van der Waals surface area contributed by atoms with E-state index in [-0.39, 0.29) is 5.75 Å². The maximum absolute atomic E-state index is 10.4. The van der Waals surface area contributed by atoms with Crippen molar-refractivity contribution in [3.8, 4) is 0 Å². The normalized spacial score (nSPS) is 16.8. The molecular formula is C11H16N2O2S. The summed E-state index contributed by atoms with van der Waals surface area (Å²) in [6.07, 6.45) is 7.07. The Morgan fingerprint density at radius 2 is 2.31 bits per heavy atom. The number of hydrogen-bond acceptors (Lipinski definition) is 3. The zero-order chi connectivity index (χ0) is 11.4. The fourth-order valence-corrected chi connectivity index (χ4v) is 2.71. The molecule has 2 rings (SSSR count). The van der Waals surface area contributed by atoms with Crippen LogP contribution in [0.2, 0.25) is 0 Å². The van der Waals surface area contributed by atoms with Crippen LogP contribution in [0.1, 0.15) is 37.4 Å². The van der Waals surface area contributed by atoms with Crippen molar-refractivity contribution in [3.05, 3.63) is 18.0 Å². The first-order chi connectivity index (χ1) is 7.75. The van der Waals surface area contributed by atoms with Gasteiger partial charge in [-0.25, -0.2) is 0 Å². The van der Waals surface area contributed by atoms with Crippen molar-refractivity contribution in [2.45, 2.75) is 37.5 Å². The van der Waals surface area contributed by atoms with E-state index in [0.29, 0.717) is 11.8 Å². The quantitative estimate of drug-likeness (QED) is 0.858. The molecule has 1 aromatic rings. The van der Waals surface area contributed by atoms with Gasteiger partial charge in [0.2, 0.25) is 0 Å². The number of aliphatic carboxylic acids is 1. The van der Waals surface area contributed by atoms with Crippen LogP contribution >= 0.6 is 11.8 Å². The van der Waals surface area contributed by atoms with E-state index in [4.69, 9.17) is 5.11 Å². The van der Waals surface area contributed by atoms with E-state index in [9.17, 15) is 4.79 Å². The zero-order valence-electron chi connectivity index (χ0n) is 9.13. The van der Waals surface area contributed by atoms with E-state index in [0.717, 1.165) is 5.69 Å². The van der Waals surface area contributed by atoms with Crippen LogP contribution in [0.3, 0.4) is 0 Å². The van der Waals surface area contributed by atoms with Crippen molar-refractivity contribution in [1.29, 1.82) is 0 Å². The standard InChI is InChI=1S/C11H16N2O2S/c14-11(15)8-16-7-9-5-6-13(12-9)10-3-1-2-4-10/h5-6,10H,1-4,7-8H2,(H,14,15). The number of carbonyl (C=O) groups is 1. The average molecular weight is 240 g/mol. The summed E-state index contributed by atoms with van der Waals surface area (Å²) >= 11 is 1.39. The van der Waals surface area contributed by atoms with Crippen molar-refractivity contribution >= 4 is 17.7 Å². The lowest BCUT2D eigenvalue weighted by atomic mass is 10.3. The zero-order valence-corrected chi connectivity index (χ0v) is 9.95. The molecule has 0 aromatic carbocycles. The van der Waals surface area contributed by atoms with Gasteiger partial charge in [0.1, 0.15) is 0 Å². The van der Waals surface area contributed by atoms with E-state index in [1.807, 2.05) is 16.9 Å². The van der Waals surface area contributed by atoms with E-state index >= 15 is 0 Å². The number of thioether (sulfide) groups is 1. The first-order valence-electron chi connectivity index (χ1n) is 5.59. The largest absolute Gasteiger partial charge is 0.481 e. The molecule has 0 saturated heterocycles. The lowest BCUT2D eigenvalue weighted by molar-refractivity contribution is -0.133. The summed E-state index contributed by atoms with van der Waals surface area (Å²) in [6.45, 7) is 0. The predicted molar refractivity (Wildman–Crippen MR) is 63.5 cm³/mol. The second-order valence-corrected chi connectivity index (χ2v) is 5.10. The van der Waals surface area contributed by atoms with E-state index < -0.39 is 5.97 Å². The van der Waals surface area contributed by atoms with Gasteiger partial charge in [-0.1, -0.05) is 12.8 Å². The lowest BCUT2D eigenvalue weighted by Gasteiger charge is -2.08. The molecule has 0 radical (unpaired) electrons. The predicted octanol–water partition coefficient (Wildman–Crippen LogP) is 2.32. The third-order valence-electron chi connectivity index (χ3n) is 2.84. The van der Waals surface area contributed by atoms with Crippen LogP contribution in [-0.2, 0) is 10.5 Å². The van der Waals surface area contributed by atoms with Crippen molar-refractivity contribution in [2.75, 3.05) is 5.75 Å². The highest BCUT2D eigenvalue weighted by Gasteiger charge is 2.17. The Balaban J connectivity index is 1.84. The second-order valence-electron chi connectivity index (χ2n) is 4.11. The monoisotopic (exact) mass is 240 g/mol. The van der Waals surface area contributed by atoms with Gasteiger partial charge in [0.15, 0.2) is 0 Å². The van der Waals surface area contributed by atoms with Gasteiger partial charge >= 0.3 is 5.97 Å². The molecule has 0 aliphatic heterocycles. The molecule has 5 heteroatoms. The third kappa shape index (κ3) is 3.01. The minimum Gasteiger partial charge on any atom is -0.481 e. The molecule has 0 spiro atoms. The number of rotatable bonds is 5. The van der Waals surface area contributed by atoms with Crippen molar-refractivity contribution in [2.24, 2.45) is 0 Å². The van der Waals surface area contributed by atoms with Gasteiger partial charge in [0.05, 0.1) is 17.5 Å². The second kappa shape index (κ2) is 5.39. The SMILES string of the molecule is O=C(O)CSCc1ccn(C2CCCC2)n1. The van der Waals surface area contributed by atoms with Gasteiger partial charge in [-0.3, -0.25) is 9.48 Å². The number of carboxylic acid groups (broad SMARTS) is 1. The van der Waals surface area contributed by atoms with Gasteiger partial charge in [0.25, 0.3) is 0 Å². The number of aromatic nitrogens is 2. The fourth-order valence-electron chi connectivity index (χ4n) is 2.07. The molecule has 0 bridgehead atoms. The molecule has 1 aliphatic carbocycles. The molecule has 0 atom stereocenters. The lowest BCUT2D eigenvalue weighted by Crippen LogP contribution is -2.05. The maximum atomic E-state index is 10.4. The van der Waals surface area contributed by atoms with Gasteiger partial charge in [0, 0.05) is 11.9 Å². The van der Waals surface area contributed by atoms with Crippen LogP contribution < -0.4 is 0 Å². The molecule has 1 aromatic heterocycles. The Morgan fingerprint density at radius 3 is 3.00 bits per heavy atom. The van der Waals surface area contributed by atoms with Crippen LogP contribution in [-0.4, -0.2) is 26.6 Å². The fraction of sp³-hybridized carbons (Fsp3) is 0.636. The van der Waals surface area contributed by atoms with Crippen molar-refractivity contribution in [3.63, 3.8) is 0 Å². The highest BCUT2D eigenvalue weighted by molar-refractivity contribution is 7.99. The molecule has 1 heterocycles. The molecule has 1 aliphatic rings. The Bertz CT molecular complexity index is 359. The van der Waals surface area contributed by atoms with Gasteiger partial charge < -0.3 is 5.11 Å². The Labute approximate surface area is 99.0 Å². The van der Waals surface area contributed by atoms with Crippen LogP contribution in [0.5, 0.6) is 0 Å². The summed E-state index contributed by atoms with van der Waals surface area (Å²) in [5.74, 6) is 0.0719. The topological polar surface area (TPSA) is 55.1 Å². The molecule has 1 fully saturated rings. The number of nitrogens with zero attached hydrogens (tertiary/aromatic N) is 2. The van der Waals surface area contributed by atoms with Gasteiger partial charge in [-0.15, -0.1) is 11.8 Å². The van der Waals surface area contributed by atoms with E-state index in [1.54, 1.807) is 0 Å². The van der Waals surface area contributed by atoms with Gasteiger partial charge in [-0.05, 0) is 18.9 Å². The highest BCUT2D eigenvalue weighted by atomic mass is 32.2. The molecule has 88 valence electrons. The van der Waals surface area contributed by atoms with Crippen molar-refractivity contribution < 1.29 is 9.90 Å². The summed E-state index contributed by atoms with van der Waals surface area (Å²) in [5, 5.41) is 13.0. The molecule has 0 unspecified atom stereocenters. The smallest absolute Gasteiger partial charge is 0.313 e. The third-order valence-corrected chi connectivity index (χ3v) is 3.79. The summed E-state index contributed by atoms with van der Waals surface area (Å²) in [4.78, 5) is 10.4. The molecular weight excluding hydrogens is 224 g/mol. The number of hydrogen-bond donors (Lipinski definition) is 1. The first-order valence-corrected chi connectivity index (χ1v) is 6.75. The first kappa shape index (κ1) is 11.5. The molecule has 16 heavy (non-hydrogen) atoms. The summed E-state index contributed by atoms with van der Waals surface area (Å²) in [7, 11) is 0. The van der Waals surface area contributed by atoms with Crippen LogP contribution in [0.4, 0.5) is 0 Å². The maximum Gasteiger partial charge on any atom is 0.313 e. The molecule has 1 N–H and O–H groups in total. The van der Waals surface area contributed by atoms with Gasteiger partial charge in [-0.2, -0.15) is 5.10 Å². The van der Waals surface area contributed by atoms with E-state index in [2.05, 4.69) is 5.10 Å². The molecule has 0 amide bonds. The van der Waals surface area contributed by atoms with Crippen LogP contribution in [0, 0.1) is 0 Å². The van der Waals surface area contributed by atoms with Crippen LogP contribution in [0.15, 0.2) is 12.3 Å². The Morgan fingerprint density at radius 1 is 1.56 bits per heavy atom. The average Bonchev–Trinajstić information content (AvgIpc) is 2.85. The highest BCUT2D eigenvalue weighted by Crippen LogP contribution is 2.28. The van der Waals surface area contributed by atoms with Crippen LogP contribution in [0.25, 0.3) is 0 Å². The van der Waals surface area contributed by atoms with Crippen molar-refractivity contribution in [1.82, 2.24) is 9.78 Å². The minimum atomic E-state index is -0.764. The Hall–Kier alpha value is -0.970. The minimum absolute atomic E-state index is 0.149. The molecule has 4 nitrogen and oxygen atoms in total.